The minimum absolute atomic E-state index is 0.0359. The van der Waals surface area contributed by atoms with E-state index in [9.17, 15) is 31.5 Å². The monoisotopic (exact) mass is 548 g/mol. The second-order valence-electron chi connectivity index (χ2n) is 9.39. The molecule has 3 aromatic rings. The van der Waals surface area contributed by atoms with Crippen molar-refractivity contribution in [3.05, 3.63) is 65.7 Å². The lowest BCUT2D eigenvalue weighted by molar-refractivity contribution is -0.149. The highest BCUT2D eigenvalue weighted by Gasteiger charge is 2.38. The number of aryl methyl sites for hydroxylation is 1. The smallest absolute Gasteiger partial charge is 0.418 e. The Balaban J connectivity index is 1.64. The van der Waals surface area contributed by atoms with E-state index < -0.39 is 43.9 Å². The van der Waals surface area contributed by atoms with Crippen molar-refractivity contribution in [2.24, 2.45) is 5.41 Å². The van der Waals surface area contributed by atoms with Crippen molar-refractivity contribution in [1.29, 1.82) is 0 Å². The first-order valence-corrected chi connectivity index (χ1v) is 13.5. The van der Waals surface area contributed by atoms with Gasteiger partial charge in [-0.05, 0) is 56.0 Å². The maximum absolute atomic E-state index is 13.8. The molecular formula is C26H27F3N4O4S. The van der Waals surface area contributed by atoms with Crippen LogP contribution < -0.4 is 9.62 Å². The molecule has 38 heavy (non-hydrogen) atoms. The number of halogens is 3. The first-order chi connectivity index (χ1) is 17.8. The van der Waals surface area contributed by atoms with Crippen molar-refractivity contribution in [2.45, 2.75) is 44.3 Å². The van der Waals surface area contributed by atoms with Crippen molar-refractivity contribution < 1.29 is 31.5 Å². The number of carboxylic acids is 1. The number of nitrogens with one attached hydrogen (secondary N) is 1. The SMILES string of the molecule is CCc1ccccc1-c1nc(S(=O)(=O)Nc2cccc(N3CCC(C)(C(=O)O)CC3)n2)ccc1C(F)(F)F. The molecule has 0 amide bonds. The minimum Gasteiger partial charge on any atom is -0.481 e. The molecule has 1 aliphatic rings. The Kier molecular flexibility index (Phi) is 7.37. The lowest BCUT2D eigenvalue weighted by Gasteiger charge is -2.37. The normalized spacial score (nSPS) is 15.8. The number of rotatable bonds is 7. The summed E-state index contributed by atoms with van der Waals surface area (Å²) < 4.78 is 70.1. The molecule has 3 heterocycles. The lowest BCUT2D eigenvalue weighted by atomic mass is 9.80. The predicted octanol–water partition coefficient (Wildman–Crippen LogP) is 5.22. The molecule has 0 radical (unpaired) electrons. The van der Waals surface area contributed by atoms with Crippen molar-refractivity contribution in [3.63, 3.8) is 0 Å². The molecule has 1 saturated heterocycles. The van der Waals surface area contributed by atoms with Crippen LogP contribution in [0, 0.1) is 5.41 Å². The average Bonchev–Trinajstić information content (AvgIpc) is 2.88. The Morgan fingerprint density at radius 2 is 1.74 bits per heavy atom. The molecule has 8 nitrogen and oxygen atoms in total. The van der Waals surface area contributed by atoms with Gasteiger partial charge in [-0.15, -0.1) is 0 Å². The first kappa shape index (κ1) is 27.4. The van der Waals surface area contributed by atoms with Crippen molar-refractivity contribution in [2.75, 3.05) is 22.7 Å². The van der Waals surface area contributed by atoms with Gasteiger partial charge >= 0.3 is 12.1 Å². The van der Waals surface area contributed by atoms with E-state index in [1.54, 1.807) is 44.2 Å². The van der Waals surface area contributed by atoms with E-state index in [1.165, 1.54) is 12.1 Å². The largest absolute Gasteiger partial charge is 0.481 e. The molecule has 12 heteroatoms. The summed E-state index contributed by atoms with van der Waals surface area (Å²) in [5.74, 6) is -0.446. The Hall–Kier alpha value is -3.67. The van der Waals surface area contributed by atoms with Crippen LogP contribution in [0.15, 0.2) is 59.6 Å². The molecule has 1 fully saturated rings. The molecule has 2 aromatic heterocycles. The molecule has 4 rings (SSSR count). The zero-order valence-electron chi connectivity index (χ0n) is 20.8. The Morgan fingerprint density at radius 1 is 1.05 bits per heavy atom. The third-order valence-corrected chi connectivity index (χ3v) is 8.04. The highest BCUT2D eigenvalue weighted by Crippen LogP contribution is 2.38. The van der Waals surface area contributed by atoms with Gasteiger partial charge in [0.25, 0.3) is 10.0 Å². The molecule has 0 unspecified atom stereocenters. The highest BCUT2D eigenvalue weighted by atomic mass is 32.2. The summed E-state index contributed by atoms with van der Waals surface area (Å²) in [6.07, 6.45) is -3.50. The number of sulfonamides is 1. The second kappa shape index (κ2) is 10.2. The van der Waals surface area contributed by atoms with Gasteiger partial charge in [0.1, 0.15) is 11.6 Å². The van der Waals surface area contributed by atoms with Crippen LogP contribution in [-0.4, -0.2) is 42.6 Å². The molecule has 0 aliphatic carbocycles. The fourth-order valence-electron chi connectivity index (χ4n) is 4.37. The van der Waals surface area contributed by atoms with E-state index >= 15 is 0 Å². The zero-order chi connectivity index (χ0) is 27.7. The molecule has 2 N–H and O–H groups in total. The number of aliphatic carboxylic acids is 1. The van der Waals surface area contributed by atoms with Gasteiger partial charge in [-0.25, -0.2) is 9.97 Å². The van der Waals surface area contributed by atoms with E-state index in [1.807, 2.05) is 4.90 Å². The van der Waals surface area contributed by atoms with Gasteiger partial charge in [0, 0.05) is 18.7 Å². The number of piperidine rings is 1. The van der Waals surface area contributed by atoms with E-state index in [2.05, 4.69) is 14.7 Å². The molecule has 1 aromatic carbocycles. The molecule has 0 spiro atoms. The number of carboxylic acid groups (broad SMARTS) is 1. The number of carbonyl (C=O) groups is 1. The maximum atomic E-state index is 13.8. The number of pyridine rings is 2. The fourth-order valence-corrected chi connectivity index (χ4v) is 5.33. The quantitative estimate of drug-likeness (QED) is 0.417. The van der Waals surface area contributed by atoms with Crippen LogP contribution in [0.3, 0.4) is 0 Å². The van der Waals surface area contributed by atoms with E-state index in [4.69, 9.17) is 0 Å². The van der Waals surface area contributed by atoms with Crippen molar-refractivity contribution in [1.82, 2.24) is 9.97 Å². The van der Waals surface area contributed by atoms with Gasteiger partial charge in [0.15, 0.2) is 5.03 Å². The van der Waals surface area contributed by atoms with E-state index in [0.29, 0.717) is 43.7 Å². The molecule has 202 valence electrons. The van der Waals surface area contributed by atoms with Crippen LogP contribution in [0.5, 0.6) is 0 Å². The Labute approximate surface area is 218 Å². The topological polar surface area (TPSA) is 112 Å². The summed E-state index contributed by atoms with van der Waals surface area (Å²) in [5, 5.41) is 8.86. The van der Waals surface area contributed by atoms with Gasteiger partial charge in [0.05, 0.1) is 16.7 Å². The maximum Gasteiger partial charge on any atom is 0.418 e. The van der Waals surface area contributed by atoms with Crippen LogP contribution >= 0.6 is 0 Å². The van der Waals surface area contributed by atoms with Gasteiger partial charge in [-0.3, -0.25) is 9.52 Å². The Morgan fingerprint density at radius 3 is 2.37 bits per heavy atom. The number of benzene rings is 1. The standard InChI is InChI=1S/C26H27F3N4O4S/c1-3-17-7-4-5-8-18(17)23-19(26(27,28)29)11-12-22(31-23)38(36,37)32-20-9-6-10-21(30-20)33-15-13-25(2,14-16-33)24(34)35/h4-12H,3,13-16H2,1-2H3,(H,30,32)(H,34,35). The first-order valence-electron chi connectivity index (χ1n) is 12.0. The Bertz CT molecular complexity index is 1450. The summed E-state index contributed by atoms with van der Waals surface area (Å²) >= 11 is 0. The summed E-state index contributed by atoms with van der Waals surface area (Å²) in [6, 6.07) is 12.7. The summed E-state index contributed by atoms with van der Waals surface area (Å²) in [6.45, 7) is 4.32. The highest BCUT2D eigenvalue weighted by molar-refractivity contribution is 7.92. The number of nitrogens with zero attached hydrogens (tertiary/aromatic N) is 3. The number of aromatic nitrogens is 2. The van der Waals surface area contributed by atoms with Crippen LogP contribution in [-0.2, 0) is 27.4 Å². The van der Waals surface area contributed by atoms with Crippen molar-refractivity contribution in [3.8, 4) is 11.3 Å². The summed E-state index contributed by atoms with van der Waals surface area (Å²) in [7, 11) is -4.39. The second-order valence-corrected chi connectivity index (χ2v) is 11.0. The van der Waals surface area contributed by atoms with Crippen LogP contribution in [0.4, 0.5) is 24.8 Å². The lowest BCUT2D eigenvalue weighted by Crippen LogP contribution is -2.43. The number of hydrogen-bond donors (Lipinski definition) is 2. The molecular weight excluding hydrogens is 521 g/mol. The van der Waals surface area contributed by atoms with E-state index in [0.717, 1.165) is 12.1 Å². The van der Waals surface area contributed by atoms with Gasteiger partial charge in [-0.1, -0.05) is 37.3 Å². The van der Waals surface area contributed by atoms with Crippen LogP contribution in [0.25, 0.3) is 11.3 Å². The summed E-state index contributed by atoms with van der Waals surface area (Å²) in [5.41, 5.74) is -1.52. The van der Waals surface area contributed by atoms with Gasteiger partial charge < -0.3 is 10.0 Å². The summed E-state index contributed by atoms with van der Waals surface area (Å²) in [4.78, 5) is 21.7. The molecule has 0 saturated carbocycles. The third kappa shape index (κ3) is 5.59. The number of anilines is 2. The van der Waals surface area contributed by atoms with Crippen LogP contribution in [0.2, 0.25) is 0 Å². The molecule has 0 atom stereocenters. The predicted molar refractivity (Wildman–Crippen MR) is 136 cm³/mol. The molecule has 0 bridgehead atoms. The molecule has 1 aliphatic heterocycles. The van der Waals surface area contributed by atoms with E-state index in [-0.39, 0.29) is 11.4 Å². The number of hydrogen-bond acceptors (Lipinski definition) is 6. The zero-order valence-corrected chi connectivity index (χ0v) is 21.6. The van der Waals surface area contributed by atoms with Gasteiger partial charge in [-0.2, -0.15) is 21.6 Å². The minimum atomic E-state index is -4.74. The van der Waals surface area contributed by atoms with Crippen molar-refractivity contribution >= 4 is 27.6 Å². The van der Waals surface area contributed by atoms with Crippen LogP contribution in [0.1, 0.15) is 37.8 Å². The third-order valence-electron chi connectivity index (χ3n) is 6.78. The fraction of sp³-hybridized carbons (Fsp3) is 0.346. The number of alkyl halides is 3. The average molecular weight is 549 g/mol. The van der Waals surface area contributed by atoms with Gasteiger partial charge in [0.2, 0.25) is 0 Å².